The Morgan fingerprint density at radius 3 is 2.17 bits per heavy atom. The highest BCUT2D eigenvalue weighted by Gasteiger charge is 2.14. The molecule has 0 bridgehead atoms. The molecule has 0 atom stereocenters. The number of rotatable bonds is 0. The van der Waals surface area contributed by atoms with E-state index in [0.717, 1.165) is 0 Å². The van der Waals surface area contributed by atoms with Crippen molar-refractivity contribution >= 4 is 55.2 Å². The van der Waals surface area contributed by atoms with Crippen LogP contribution in [0.5, 0.6) is 0 Å². The second kappa shape index (κ2) is 4.24. The number of hydrogen-bond acceptors (Lipinski definition) is 0. The third kappa shape index (κ3) is 1.48. The maximum Gasteiger partial charge on any atom is -0.00324 e. The fourth-order valence-corrected chi connectivity index (χ4v) is 4.22. The lowest BCUT2D eigenvalue weighted by molar-refractivity contribution is 1.76. The van der Waals surface area contributed by atoms with Gasteiger partial charge < -0.3 is 0 Å². The molecule has 1 aliphatic rings. The van der Waals surface area contributed by atoms with Crippen molar-refractivity contribution in [2.75, 3.05) is 0 Å². The van der Waals surface area contributed by atoms with Crippen LogP contribution in [-0.4, -0.2) is 0 Å². The molecule has 0 saturated carbocycles. The van der Waals surface area contributed by atoms with E-state index < -0.39 is 0 Å². The van der Waals surface area contributed by atoms with E-state index in [9.17, 15) is 0 Å². The summed E-state index contributed by atoms with van der Waals surface area (Å²) in [4.78, 5) is 0. The van der Waals surface area contributed by atoms with Gasteiger partial charge in [0.2, 0.25) is 0 Å². The van der Waals surface area contributed by atoms with E-state index in [4.69, 9.17) is 0 Å². The van der Waals surface area contributed by atoms with Crippen LogP contribution in [0, 0.1) is 0 Å². The van der Waals surface area contributed by atoms with Crippen molar-refractivity contribution in [3.05, 3.63) is 83.9 Å². The number of benzene rings is 5. The van der Waals surface area contributed by atoms with E-state index in [1.165, 1.54) is 54.2 Å². The molecule has 6 rings (SSSR count). The molecule has 0 amide bonds. The molecule has 0 radical (unpaired) electrons. The van der Waals surface area contributed by atoms with Crippen molar-refractivity contribution in [2.24, 2.45) is 0 Å². The molecule has 0 fully saturated rings. The van der Waals surface area contributed by atoms with Gasteiger partial charge in [0.15, 0.2) is 0 Å². The molecule has 0 aliphatic heterocycles. The quantitative estimate of drug-likeness (QED) is 0.214. The zero-order valence-electron chi connectivity index (χ0n) is 13.1. The predicted molar refractivity (Wildman–Crippen MR) is 105 cm³/mol. The van der Waals surface area contributed by atoms with E-state index in [2.05, 4.69) is 84.9 Å². The Morgan fingerprint density at radius 1 is 0.458 bits per heavy atom. The lowest BCUT2D eigenvalue weighted by Crippen LogP contribution is -1.85. The van der Waals surface area contributed by atoms with Gasteiger partial charge in [-0.15, -0.1) is 0 Å². The summed E-state index contributed by atoms with van der Waals surface area (Å²) in [6, 6.07) is 26.8. The highest BCUT2D eigenvalue weighted by molar-refractivity contribution is 6.21. The molecule has 0 unspecified atom stereocenters. The molecule has 0 aromatic heterocycles. The van der Waals surface area contributed by atoms with Gasteiger partial charge in [-0.05, 0) is 72.4 Å². The van der Waals surface area contributed by atoms with Gasteiger partial charge in [-0.25, -0.2) is 0 Å². The minimum absolute atomic E-state index is 1.30. The normalized spacial score (nSPS) is 12.8. The van der Waals surface area contributed by atoms with Crippen LogP contribution >= 0.6 is 0 Å². The summed E-state index contributed by atoms with van der Waals surface area (Å²) in [7, 11) is 0. The first-order valence-corrected chi connectivity index (χ1v) is 8.37. The molecule has 5 aromatic rings. The van der Waals surface area contributed by atoms with Gasteiger partial charge in [0.1, 0.15) is 0 Å². The second-order valence-corrected chi connectivity index (χ2v) is 6.65. The van der Waals surface area contributed by atoms with Gasteiger partial charge in [0.25, 0.3) is 0 Å². The molecule has 110 valence electrons. The Morgan fingerprint density at radius 2 is 1.25 bits per heavy atom. The van der Waals surface area contributed by atoms with Crippen LogP contribution in [-0.2, 0) is 0 Å². The largest absolute Gasteiger partial charge is 0.0616 e. The molecular formula is C24H14. The monoisotopic (exact) mass is 302 g/mol. The first-order valence-electron chi connectivity index (χ1n) is 8.37. The fourth-order valence-electron chi connectivity index (χ4n) is 4.22. The average molecular weight is 302 g/mol. The standard InChI is InChI=1S/C24H14/c1-2-5-17-13-22-18(12-16(17)4-1)9-10-20-21-11-8-15-6-3-7-19(24(15)21)14-23(20)22/h1-14H. The van der Waals surface area contributed by atoms with Crippen LogP contribution in [0.4, 0.5) is 0 Å². The molecule has 5 aromatic carbocycles. The zero-order valence-corrected chi connectivity index (χ0v) is 13.1. The van der Waals surface area contributed by atoms with E-state index in [1.807, 2.05) is 0 Å². The minimum atomic E-state index is 1.30. The number of fused-ring (bicyclic) bond motifs is 5. The second-order valence-electron chi connectivity index (χ2n) is 6.65. The predicted octanol–water partition coefficient (Wildman–Crippen LogP) is 6.78. The third-order valence-corrected chi connectivity index (χ3v) is 5.35. The van der Waals surface area contributed by atoms with Crippen molar-refractivity contribution in [3.8, 4) is 0 Å². The van der Waals surface area contributed by atoms with Crippen molar-refractivity contribution in [1.29, 1.82) is 0 Å². The summed E-state index contributed by atoms with van der Waals surface area (Å²) in [5, 5.41) is 10.7. The minimum Gasteiger partial charge on any atom is -0.0616 e. The SMILES string of the molecule is C1=Cc2c3ccc4cc5ccccc5cc4c3cc3cccc1c23. The van der Waals surface area contributed by atoms with Crippen LogP contribution in [0.15, 0.2) is 72.8 Å². The molecule has 0 spiro atoms. The molecule has 0 saturated heterocycles. The maximum absolute atomic E-state index is 2.36. The van der Waals surface area contributed by atoms with E-state index in [-0.39, 0.29) is 0 Å². The van der Waals surface area contributed by atoms with E-state index in [1.54, 1.807) is 0 Å². The summed E-state index contributed by atoms with van der Waals surface area (Å²) in [5.74, 6) is 0. The summed E-state index contributed by atoms with van der Waals surface area (Å²) >= 11 is 0. The zero-order chi connectivity index (χ0) is 15.7. The molecule has 0 nitrogen and oxygen atoms in total. The Hall–Kier alpha value is -3.12. The summed E-state index contributed by atoms with van der Waals surface area (Å²) < 4.78 is 0. The van der Waals surface area contributed by atoms with Crippen LogP contribution in [0.25, 0.3) is 55.2 Å². The number of hydrogen-bond donors (Lipinski definition) is 0. The molecule has 1 aliphatic carbocycles. The summed E-state index contributed by atoms with van der Waals surface area (Å²) in [6.45, 7) is 0. The highest BCUT2D eigenvalue weighted by atomic mass is 14.2. The smallest absolute Gasteiger partial charge is 0.00324 e. The Labute approximate surface area is 139 Å². The third-order valence-electron chi connectivity index (χ3n) is 5.35. The fraction of sp³-hybridized carbons (Fsp3) is 0. The molecular weight excluding hydrogens is 288 g/mol. The lowest BCUT2D eigenvalue weighted by Gasteiger charge is -2.11. The van der Waals surface area contributed by atoms with Crippen molar-refractivity contribution in [1.82, 2.24) is 0 Å². The van der Waals surface area contributed by atoms with Gasteiger partial charge >= 0.3 is 0 Å². The van der Waals surface area contributed by atoms with Crippen molar-refractivity contribution < 1.29 is 0 Å². The summed E-state index contributed by atoms with van der Waals surface area (Å²) in [6.07, 6.45) is 4.51. The van der Waals surface area contributed by atoms with E-state index in [0.29, 0.717) is 0 Å². The lowest BCUT2D eigenvalue weighted by atomic mass is 9.93. The van der Waals surface area contributed by atoms with Crippen LogP contribution in [0.3, 0.4) is 0 Å². The maximum atomic E-state index is 2.36. The first kappa shape index (κ1) is 12.3. The van der Waals surface area contributed by atoms with Crippen LogP contribution in [0.1, 0.15) is 11.1 Å². The van der Waals surface area contributed by atoms with Gasteiger partial charge in [0, 0.05) is 0 Å². The van der Waals surface area contributed by atoms with Gasteiger partial charge in [-0.3, -0.25) is 0 Å². The topological polar surface area (TPSA) is 0 Å². The van der Waals surface area contributed by atoms with Crippen molar-refractivity contribution in [2.45, 2.75) is 0 Å². The Kier molecular flexibility index (Phi) is 2.18. The van der Waals surface area contributed by atoms with Crippen LogP contribution in [0.2, 0.25) is 0 Å². The van der Waals surface area contributed by atoms with Gasteiger partial charge in [-0.2, -0.15) is 0 Å². The molecule has 0 N–H and O–H groups in total. The van der Waals surface area contributed by atoms with Crippen LogP contribution < -0.4 is 0 Å². The highest BCUT2D eigenvalue weighted by Crippen LogP contribution is 2.39. The first-order chi connectivity index (χ1) is 11.9. The molecule has 0 heterocycles. The molecule has 24 heavy (non-hydrogen) atoms. The van der Waals surface area contributed by atoms with Crippen molar-refractivity contribution in [3.63, 3.8) is 0 Å². The van der Waals surface area contributed by atoms with E-state index >= 15 is 0 Å². The Balaban J connectivity index is 1.88. The van der Waals surface area contributed by atoms with Gasteiger partial charge in [0.05, 0.1) is 0 Å². The average Bonchev–Trinajstić information content (AvgIpc) is 3.06. The summed E-state index contributed by atoms with van der Waals surface area (Å²) in [5.41, 5.74) is 2.70. The van der Waals surface area contributed by atoms with Gasteiger partial charge in [-0.1, -0.05) is 66.7 Å². The Bertz CT molecular complexity index is 1340. The molecule has 0 heteroatoms.